The first-order valence-corrected chi connectivity index (χ1v) is 8.09. The molecule has 1 N–H and O–H groups in total. The number of nitriles is 1. The van der Waals surface area contributed by atoms with Gasteiger partial charge in [0.2, 0.25) is 0 Å². The third-order valence-electron chi connectivity index (χ3n) is 3.46. The fourth-order valence-electron chi connectivity index (χ4n) is 2.25. The van der Waals surface area contributed by atoms with E-state index in [0.717, 1.165) is 5.56 Å². The lowest BCUT2D eigenvalue weighted by molar-refractivity contribution is 0.102. The van der Waals surface area contributed by atoms with Crippen LogP contribution in [-0.4, -0.2) is 15.7 Å². The van der Waals surface area contributed by atoms with Crippen LogP contribution in [0.4, 0.5) is 5.82 Å². The highest BCUT2D eigenvalue weighted by Crippen LogP contribution is 2.21. The van der Waals surface area contributed by atoms with Gasteiger partial charge in [-0.05, 0) is 35.9 Å². The molecule has 0 saturated carbocycles. The van der Waals surface area contributed by atoms with Gasteiger partial charge in [-0.25, -0.2) is 0 Å². The monoisotopic (exact) mass is 370 g/mol. The summed E-state index contributed by atoms with van der Waals surface area (Å²) >= 11 is 12.0. The van der Waals surface area contributed by atoms with Gasteiger partial charge in [0.25, 0.3) is 5.91 Å². The number of rotatable bonds is 4. The molecule has 0 unspecified atom stereocenters. The zero-order chi connectivity index (χ0) is 17.8. The van der Waals surface area contributed by atoms with Crippen molar-refractivity contribution in [1.82, 2.24) is 9.78 Å². The van der Waals surface area contributed by atoms with E-state index >= 15 is 0 Å². The Bertz CT molecular complexity index is 958. The van der Waals surface area contributed by atoms with E-state index in [0.29, 0.717) is 27.7 Å². The van der Waals surface area contributed by atoms with E-state index in [-0.39, 0.29) is 11.7 Å². The average molecular weight is 371 g/mol. The molecule has 0 fully saturated rings. The second-order valence-electron chi connectivity index (χ2n) is 5.30. The van der Waals surface area contributed by atoms with Gasteiger partial charge < -0.3 is 5.32 Å². The number of amides is 1. The zero-order valence-corrected chi connectivity index (χ0v) is 14.4. The molecule has 0 aliphatic heterocycles. The summed E-state index contributed by atoms with van der Waals surface area (Å²) in [5.41, 5.74) is 1.78. The van der Waals surface area contributed by atoms with Crippen molar-refractivity contribution in [3.63, 3.8) is 0 Å². The molecule has 5 nitrogen and oxygen atoms in total. The fourth-order valence-corrected chi connectivity index (χ4v) is 2.57. The summed E-state index contributed by atoms with van der Waals surface area (Å²) in [6, 6.07) is 15.8. The zero-order valence-electron chi connectivity index (χ0n) is 12.9. The molecular formula is C18H12Cl2N4O. The molecule has 3 rings (SSSR count). The second-order valence-corrected chi connectivity index (χ2v) is 6.14. The predicted molar refractivity (Wildman–Crippen MR) is 96.9 cm³/mol. The Kier molecular flexibility index (Phi) is 5.03. The van der Waals surface area contributed by atoms with Crippen LogP contribution < -0.4 is 5.32 Å². The van der Waals surface area contributed by atoms with Gasteiger partial charge in [0.05, 0.1) is 18.2 Å². The van der Waals surface area contributed by atoms with E-state index in [1.165, 1.54) is 6.07 Å². The lowest BCUT2D eigenvalue weighted by atomic mass is 10.1. The van der Waals surface area contributed by atoms with Crippen molar-refractivity contribution in [3.05, 3.63) is 81.5 Å². The highest BCUT2D eigenvalue weighted by Gasteiger charge is 2.13. The van der Waals surface area contributed by atoms with Gasteiger partial charge in [0.15, 0.2) is 5.82 Å². The van der Waals surface area contributed by atoms with Crippen molar-refractivity contribution in [2.24, 2.45) is 0 Å². The second kappa shape index (κ2) is 7.39. The molecule has 0 bridgehead atoms. The number of benzene rings is 2. The molecule has 1 heterocycles. The van der Waals surface area contributed by atoms with Crippen LogP contribution in [0.15, 0.2) is 54.7 Å². The quantitative estimate of drug-likeness (QED) is 0.741. The maximum absolute atomic E-state index is 12.3. The van der Waals surface area contributed by atoms with E-state index in [9.17, 15) is 4.79 Å². The highest BCUT2D eigenvalue weighted by atomic mass is 35.5. The first-order chi connectivity index (χ1) is 12.0. The molecule has 0 aliphatic rings. The van der Waals surface area contributed by atoms with Crippen molar-refractivity contribution in [2.45, 2.75) is 6.54 Å². The molecule has 25 heavy (non-hydrogen) atoms. The van der Waals surface area contributed by atoms with Crippen molar-refractivity contribution in [2.75, 3.05) is 5.32 Å². The number of anilines is 1. The lowest BCUT2D eigenvalue weighted by Gasteiger charge is -2.04. The topological polar surface area (TPSA) is 70.7 Å². The number of hydrogen-bond donors (Lipinski definition) is 1. The Morgan fingerprint density at radius 2 is 1.96 bits per heavy atom. The van der Waals surface area contributed by atoms with E-state index in [1.54, 1.807) is 41.2 Å². The highest BCUT2D eigenvalue weighted by molar-refractivity contribution is 6.33. The summed E-state index contributed by atoms with van der Waals surface area (Å²) in [5, 5.41) is 16.9. The SMILES string of the molecule is N#Cc1cccc(C(=O)Nc2nn(Cc3ccc(Cl)cc3)cc2Cl)c1. The molecule has 0 radical (unpaired) electrons. The predicted octanol–water partition coefficient (Wildman–Crippen LogP) is 4.36. The van der Waals surface area contributed by atoms with Crippen LogP contribution in [0.3, 0.4) is 0 Å². The fraction of sp³-hybridized carbons (Fsp3) is 0.0556. The Morgan fingerprint density at radius 1 is 1.20 bits per heavy atom. The summed E-state index contributed by atoms with van der Waals surface area (Å²) in [4.78, 5) is 12.3. The third-order valence-corrected chi connectivity index (χ3v) is 3.99. The molecule has 2 aromatic carbocycles. The number of carbonyl (C=O) groups excluding carboxylic acids is 1. The van der Waals surface area contributed by atoms with Crippen molar-refractivity contribution in [1.29, 1.82) is 5.26 Å². The van der Waals surface area contributed by atoms with Gasteiger partial charge in [-0.2, -0.15) is 10.4 Å². The van der Waals surface area contributed by atoms with Crippen molar-refractivity contribution < 1.29 is 4.79 Å². The molecule has 1 amide bonds. The van der Waals surface area contributed by atoms with Crippen LogP contribution in [-0.2, 0) is 6.54 Å². The number of halogens is 2. The van der Waals surface area contributed by atoms with Gasteiger partial charge >= 0.3 is 0 Å². The maximum Gasteiger partial charge on any atom is 0.256 e. The van der Waals surface area contributed by atoms with Crippen LogP contribution in [0.25, 0.3) is 0 Å². The molecule has 0 saturated heterocycles. The first kappa shape index (κ1) is 17.0. The molecule has 3 aromatic rings. The maximum atomic E-state index is 12.3. The summed E-state index contributed by atoms with van der Waals surface area (Å²) in [5.74, 6) is -0.112. The summed E-state index contributed by atoms with van der Waals surface area (Å²) in [7, 11) is 0. The number of aromatic nitrogens is 2. The minimum absolute atomic E-state index is 0.267. The number of hydrogen-bond acceptors (Lipinski definition) is 3. The molecule has 7 heteroatoms. The van der Waals surface area contributed by atoms with E-state index in [2.05, 4.69) is 10.4 Å². The minimum Gasteiger partial charge on any atom is -0.304 e. The number of nitrogens with zero attached hydrogens (tertiary/aromatic N) is 3. The van der Waals surface area contributed by atoms with Crippen molar-refractivity contribution >= 4 is 34.9 Å². The van der Waals surface area contributed by atoms with E-state index in [4.69, 9.17) is 28.5 Å². The van der Waals surface area contributed by atoms with Gasteiger partial charge in [-0.3, -0.25) is 9.48 Å². The molecule has 124 valence electrons. The Balaban J connectivity index is 1.75. The van der Waals surface area contributed by atoms with Crippen LogP contribution in [0.1, 0.15) is 21.5 Å². The standard InChI is InChI=1S/C18H12Cl2N4O/c19-15-6-4-12(5-7-15)10-24-11-16(20)17(23-24)22-18(25)14-3-1-2-13(8-14)9-21/h1-8,11H,10H2,(H,22,23,25). The number of carbonyl (C=O) groups is 1. The molecule has 0 aliphatic carbocycles. The third kappa shape index (κ3) is 4.18. The number of nitrogens with one attached hydrogen (secondary N) is 1. The minimum atomic E-state index is -0.379. The van der Waals surface area contributed by atoms with E-state index in [1.807, 2.05) is 18.2 Å². The smallest absolute Gasteiger partial charge is 0.256 e. The summed E-state index contributed by atoms with van der Waals surface area (Å²) in [6.07, 6.45) is 1.64. The normalized spacial score (nSPS) is 10.3. The summed E-state index contributed by atoms with van der Waals surface area (Å²) < 4.78 is 1.63. The Morgan fingerprint density at radius 3 is 2.68 bits per heavy atom. The Hall–Kier alpha value is -2.81. The largest absolute Gasteiger partial charge is 0.304 e. The lowest BCUT2D eigenvalue weighted by Crippen LogP contribution is -2.13. The molecule has 0 atom stereocenters. The summed E-state index contributed by atoms with van der Waals surface area (Å²) in [6.45, 7) is 0.497. The van der Waals surface area contributed by atoms with Crippen molar-refractivity contribution in [3.8, 4) is 6.07 Å². The average Bonchev–Trinajstić information content (AvgIpc) is 2.96. The van der Waals surface area contributed by atoms with Crippen LogP contribution in [0.2, 0.25) is 10.0 Å². The molecule has 0 spiro atoms. The Labute approximate surface area is 154 Å². The van der Waals surface area contributed by atoms with Gasteiger partial charge in [-0.15, -0.1) is 0 Å². The van der Waals surface area contributed by atoms with Gasteiger partial charge in [-0.1, -0.05) is 41.4 Å². The van der Waals surface area contributed by atoms with Gasteiger partial charge in [0.1, 0.15) is 5.02 Å². The van der Waals surface area contributed by atoms with Crippen LogP contribution in [0.5, 0.6) is 0 Å². The molecular weight excluding hydrogens is 359 g/mol. The molecule has 1 aromatic heterocycles. The van der Waals surface area contributed by atoms with Crippen LogP contribution in [0, 0.1) is 11.3 Å². The van der Waals surface area contributed by atoms with E-state index < -0.39 is 0 Å². The van der Waals surface area contributed by atoms with Crippen LogP contribution >= 0.6 is 23.2 Å². The van der Waals surface area contributed by atoms with Gasteiger partial charge in [0, 0.05) is 16.8 Å². The first-order valence-electron chi connectivity index (χ1n) is 7.34.